The Kier molecular flexibility index (Phi) is 5.13. The molecule has 1 aromatic rings. The molecule has 1 aromatic carbocycles. The van der Waals surface area contributed by atoms with E-state index in [9.17, 15) is 9.59 Å². The van der Waals surface area contributed by atoms with Crippen LogP contribution in [0.3, 0.4) is 0 Å². The van der Waals surface area contributed by atoms with Gasteiger partial charge in [0.15, 0.2) is 11.5 Å². The van der Waals surface area contributed by atoms with Gasteiger partial charge in [-0.05, 0) is 44.1 Å². The number of carbonyl (C=O) groups is 2. The molecule has 7 heteroatoms. The van der Waals surface area contributed by atoms with Gasteiger partial charge in [-0.1, -0.05) is 6.07 Å². The Morgan fingerprint density at radius 3 is 2.56 bits per heavy atom. The summed E-state index contributed by atoms with van der Waals surface area (Å²) in [5, 5.41) is 9.08. The largest absolute Gasteiger partial charge is 0.486 e. The minimum atomic E-state index is -0.983. The van der Waals surface area contributed by atoms with Gasteiger partial charge in [-0.2, -0.15) is 0 Å². The lowest BCUT2D eigenvalue weighted by molar-refractivity contribution is -0.145. The van der Waals surface area contributed by atoms with E-state index in [0.717, 1.165) is 23.5 Å². The summed E-state index contributed by atoms with van der Waals surface area (Å²) in [4.78, 5) is 27.2. The Morgan fingerprint density at radius 1 is 1.16 bits per heavy atom. The molecule has 2 atom stereocenters. The van der Waals surface area contributed by atoms with Gasteiger partial charge < -0.3 is 24.4 Å². The Bertz CT molecular complexity index is 661. The molecule has 25 heavy (non-hydrogen) atoms. The van der Waals surface area contributed by atoms with Crippen molar-refractivity contribution in [2.45, 2.75) is 12.3 Å². The van der Waals surface area contributed by atoms with Crippen LogP contribution in [-0.4, -0.2) is 73.7 Å². The normalized spacial score (nSPS) is 21.1. The van der Waals surface area contributed by atoms with Crippen molar-refractivity contribution in [3.05, 3.63) is 23.8 Å². The predicted molar refractivity (Wildman–Crippen MR) is 91.0 cm³/mol. The van der Waals surface area contributed by atoms with E-state index in [1.807, 2.05) is 37.2 Å². The number of ether oxygens (including phenoxy) is 2. The summed E-state index contributed by atoms with van der Waals surface area (Å²) >= 11 is 0. The topological polar surface area (TPSA) is 79.3 Å². The van der Waals surface area contributed by atoms with Crippen LogP contribution in [0.4, 0.5) is 0 Å². The van der Waals surface area contributed by atoms with Crippen LogP contribution < -0.4 is 9.47 Å². The fraction of sp³-hybridized carbons (Fsp3) is 0.556. The highest BCUT2D eigenvalue weighted by atomic mass is 16.6. The summed E-state index contributed by atoms with van der Waals surface area (Å²) < 4.78 is 11.1. The molecular weight excluding hydrogens is 324 g/mol. The third-order valence-electron chi connectivity index (χ3n) is 4.56. The fourth-order valence-corrected chi connectivity index (χ4v) is 3.11. The van der Waals surface area contributed by atoms with Gasteiger partial charge in [0, 0.05) is 19.0 Å². The number of aliphatic carboxylic acids is 1. The second-order valence-corrected chi connectivity index (χ2v) is 6.81. The number of carboxylic acids is 1. The molecule has 1 fully saturated rings. The van der Waals surface area contributed by atoms with Crippen LogP contribution in [0.15, 0.2) is 18.2 Å². The van der Waals surface area contributed by atoms with Crippen LogP contribution in [0, 0.1) is 5.92 Å². The lowest BCUT2D eigenvalue weighted by Crippen LogP contribution is -2.41. The van der Waals surface area contributed by atoms with Crippen molar-refractivity contribution < 1.29 is 24.2 Å². The number of rotatable bonds is 7. The van der Waals surface area contributed by atoms with E-state index in [2.05, 4.69) is 0 Å². The van der Waals surface area contributed by atoms with E-state index < -0.39 is 5.97 Å². The Labute approximate surface area is 147 Å². The first kappa shape index (κ1) is 17.5. The van der Waals surface area contributed by atoms with Crippen molar-refractivity contribution in [1.29, 1.82) is 0 Å². The highest BCUT2D eigenvalue weighted by Crippen LogP contribution is 2.50. The van der Waals surface area contributed by atoms with Crippen LogP contribution in [0.2, 0.25) is 0 Å². The zero-order valence-corrected chi connectivity index (χ0v) is 14.6. The van der Waals surface area contributed by atoms with E-state index >= 15 is 0 Å². The van der Waals surface area contributed by atoms with Gasteiger partial charge in [-0.25, -0.2) is 0 Å². The summed E-state index contributed by atoms with van der Waals surface area (Å²) in [7, 11) is 3.80. The number of hydrogen-bond donors (Lipinski definition) is 1. The van der Waals surface area contributed by atoms with Gasteiger partial charge in [-0.15, -0.1) is 0 Å². The molecular formula is C18H24N2O5. The minimum absolute atomic E-state index is 0.0795. The lowest BCUT2D eigenvalue weighted by atomic mass is 10.1. The average Bonchev–Trinajstić information content (AvgIpc) is 3.38. The van der Waals surface area contributed by atoms with Gasteiger partial charge in [0.25, 0.3) is 0 Å². The summed E-state index contributed by atoms with van der Waals surface area (Å²) in [6.07, 6.45) is 0.747. The van der Waals surface area contributed by atoms with Crippen LogP contribution in [0.25, 0.3) is 0 Å². The molecule has 1 amide bonds. The first-order valence-corrected chi connectivity index (χ1v) is 8.50. The second kappa shape index (κ2) is 7.31. The molecule has 1 aliphatic heterocycles. The van der Waals surface area contributed by atoms with Crippen LogP contribution in [-0.2, 0) is 9.59 Å². The monoisotopic (exact) mass is 348 g/mol. The van der Waals surface area contributed by atoms with E-state index in [-0.39, 0.29) is 24.3 Å². The molecule has 1 N–H and O–H groups in total. The van der Waals surface area contributed by atoms with Crippen LogP contribution in [0.5, 0.6) is 11.5 Å². The van der Waals surface area contributed by atoms with Gasteiger partial charge >= 0.3 is 5.97 Å². The lowest BCUT2D eigenvalue weighted by Gasteiger charge is -2.23. The zero-order chi connectivity index (χ0) is 18.0. The maximum absolute atomic E-state index is 12.7. The number of amides is 1. The van der Waals surface area contributed by atoms with Crippen molar-refractivity contribution in [2.24, 2.45) is 5.92 Å². The molecule has 3 rings (SSSR count). The SMILES string of the molecule is CN(C)CCN(CC(=O)O)C(=O)[C@H]1C[C@H]1c1ccc2c(c1)OCCO2. The van der Waals surface area contributed by atoms with Crippen LogP contribution in [0.1, 0.15) is 17.9 Å². The molecule has 1 saturated carbocycles. The number of carbonyl (C=O) groups excluding carboxylic acids is 1. The number of likely N-dealkylation sites (N-methyl/N-ethyl adjacent to an activating group) is 1. The Hall–Kier alpha value is -2.28. The Morgan fingerprint density at radius 2 is 1.88 bits per heavy atom. The smallest absolute Gasteiger partial charge is 0.323 e. The maximum atomic E-state index is 12.7. The van der Waals surface area contributed by atoms with Gasteiger partial charge in [0.05, 0.1) is 0 Å². The summed E-state index contributed by atoms with van der Waals surface area (Å²) in [6, 6.07) is 5.78. The fourth-order valence-electron chi connectivity index (χ4n) is 3.11. The van der Waals surface area contributed by atoms with Crippen molar-refractivity contribution in [3.8, 4) is 11.5 Å². The molecule has 0 bridgehead atoms. The summed E-state index contributed by atoms with van der Waals surface area (Å²) in [5.74, 6) is 0.365. The predicted octanol–water partition coefficient (Wildman–Crippen LogP) is 1.04. The van der Waals surface area contributed by atoms with E-state index in [1.165, 1.54) is 4.90 Å². The van der Waals surface area contributed by atoms with Crippen LogP contribution >= 0.6 is 0 Å². The quantitative estimate of drug-likeness (QED) is 0.793. The molecule has 0 radical (unpaired) electrons. The molecule has 0 aromatic heterocycles. The number of nitrogens with zero attached hydrogens (tertiary/aromatic N) is 2. The van der Waals surface area contributed by atoms with E-state index in [1.54, 1.807) is 0 Å². The molecule has 7 nitrogen and oxygen atoms in total. The third kappa shape index (κ3) is 4.22. The third-order valence-corrected chi connectivity index (χ3v) is 4.56. The first-order valence-electron chi connectivity index (χ1n) is 8.50. The van der Waals surface area contributed by atoms with E-state index in [4.69, 9.17) is 14.6 Å². The van der Waals surface area contributed by atoms with Crippen molar-refractivity contribution in [2.75, 3.05) is 46.9 Å². The number of hydrogen-bond acceptors (Lipinski definition) is 5. The first-order chi connectivity index (χ1) is 12.0. The van der Waals surface area contributed by atoms with E-state index in [0.29, 0.717) is 26.3 Å². The standard InChI is InChI=1S/C18H24N2O5/c1-19(2)5-6-20(11-17(21)22)18(23)14-10-13(14)12-3-4-15-16(9-12)25-8-7-24-15/h3-4,9,13-14H,5-8,10-11H2,1-2H3,(H,21,22)/t13-,14-/m0/s1. The molecule has 0 spiro atoms. The number of fused-ring (bicyclic) bond motifs is 1. The molecule has 1 heterocycles. The van der Waals surface area contributed by atoms with Crippen molar-refractivity contribution in [3.63, 3.8) is 0 Å². The summed E-state index contributed by atoms with van der Waals surface area (Å²) in [6.45, 7) is 1.88. The highest BCUT2D eigenvalue weighted by Gasteiger charge is 2.46. The van der Waals surface area contributed by atoms with Gasteiger partial charge in [0.2, 0.25) is 5.91 Å². The second-order valence-electron chi connectivity index (χ2n) is 6.81. The molecule has 0 unspecified atom stereocenters. The average molecular weight is 348 g/mol. The zero-order valence-electron chi connectivity index (χ0n) is 14.6. The molecule has 1 aliphatic carbocycles. The minimum Gasteiger partial charge on any atom is -0.486 e. The van der Waals surface area contributed by atoms with Crippen molar-refractivity contribution >= 4 is 11.9 Å². The van der Waals surface area contributed by atoms with Gasteiger partial charge in [-0.3, -0.25) is 9.59 Å². The van der Waals surface area contributed by atoms with Crippen molar-refractivity contribution in [1.82, 2.24) is 9.80 Å². The summed E-state index contributed by atoms with van der Waals surface area (Å²) in [5.41, 5.74) is 1.05. The maximum Gasteiger partial charge on any atom is 0.323 e. The Balaban J connectivity index is 1.66. The number of benzene rings is 1. The number of carboxylic acid groups (broad SMARTS) is 1. The molecule has 2 aliphatic rings. The highest BCUT2D eigenvalue weighted by molar-refractivity contribution is 5.86. The molecule has 136 valence electrons. The molecule has 0 saturated heterocycles. The van der Waals surface area contributed by atoms with Gasteiger partial charge in [0.1, 0.15) is 19.8 Å².